The second-order valence-corrected chi connectivity index (χ2v) is 6.74. The summed E-state index contributed by atoms with van der Waals surface area (Å²) in [6.45, 7) is 0. The highest BCUT2D eigenvalue weighted by Crippen LogP contribution is 2.30. The Labute approximate surface area is 149 Å². The van der Waals surface area contributed by atoms with Gasteiger partial charge < -0.3 is 4.98 Å². The van der Waals surface area contributed by atoms with Crippen molar-refractivity contribution in [2.75, 3.05) is 5.32 Å². The Morgan fingerprint density at radius 2 is 2.12 bits per heavy atom. The van der Waals surface area contributed by atoms with Gasteiger partial charge in [-0.3, -0.25) is 10.1 Å². The van der Waals surface area contributed by atoms with E-state index in [9.17, 15) is 18.0 Å². The summed E-state index contributed by atoms with van der Waals surface area (Å²) in [6, 6.07) is 6.61. The Hall–Kier alpha value is -2.32. The van der Waals surface area contributed by atoms with Gasteiger partial charge in [-0.25, -0.2) is 4.98 Å². The summed E-state index contributed by atoms with van der Waals surface area (Å²) in [4.78, 5) is 19.5. The van der Waals surface area contributed by atoms with Gasteiger partial charge in [0.1, 0.15) is 5.69 Å². The van der Waals surface area contributed by atoms with Crippen molar-refractivity contribution in [1.82, 2.24) is 9.97 Å². The number of nitrogens with zero attached hydrogens (tertiary/aromatic N) is 1. The number of amides is 1. The van der Waals surface area contributed by atoms with E-state index in [1.54, 1.807) is 6.07 Å². The number of aromatic amines is 1. The lowest BCUT2D eigenvalue weighted by molar-refractivity contribution is -0.137. The lowest BCUT2D eigenvalue weighted by Gasteiger charge is -2.07. The van der Waals surface area contributed by atoms with Gasteiger partial charge in [-0.1, -0.05) is 29.8 Å². The topological polar surface area (TPSA) is 57.8 Å². The lowest BCUT2D eigenvalue weighted by atomic mass is 10.1. The van der Waals surface area contributed by atoms with Crippen LogP contribution in [0.15, 0.2) is 42.7 Å². The molecule has 0 aliphatic carbocycles. The molecule has 0 aliphatic rings. The minimum atomic E-state index is -4.37. The van der Waals surface area contributed by atoms with Gasteiger partial charge in [0.05, 0.1) is 10.6 Å². The van der Waals surface area contributed by atoms with Crippen molar-refractivity contribution >= 4 is 34.0 Å². The first-order valence-electron chi connectivity index (χ1n) is 7.07. The van der Waals surface area contributed by atoms with Crippen molar-refractivity contribution in [1.29, 1.82) is 0 Å². The maximum Gasteiger partial charge on any atom is 0.416 e. The largest absolute Gasteiger partial charge is 0.416 e. The summed E-state index contributed by atoms with van der Waals surface area (Å²) in [6.07, 6.45) is -1.06. The van der Waals surface area contributed by atoms with Crippen LogP contribution in [0.2, 0.25) is 5.02 Å². The molecular weight excluding hydrogens is 375 g/mol. The molecule has 0 fully saturated rings. The van der Waals surface area contributed by atoms with Crippen molar-refractivity contribution < 1.29 is 18.0 Å². The molecule has 3 aromatic rings. The molecule has 2 N–H and O–H groups in total. The molecule has 0 aliphatic heterocycles. The zero-order chi connectivity index (χ0) is 18.0. The maximum absolute atomic E-state index is 12.7. The van der Waals surface area contributed by atoms with Crippen LogP contribution in [0, 0.1) is 0 Å². The number of hydrogen-bond acceptors (Lipinski definition) is 3. The molecule has 0 radical (unpaired) electrons. The number of benzene rings is 1. The average Bonchev–Trinajstić information content (AvgIpc) is 3.16. The normalized spacial score (nSPS) is 11.5. The van der Waals surface area contributed by atoms with Crippen LogP contribution in [-0.4, -0.2) is 15.9 Å². The second-order valence-electron chi connectivity index (χ2n) is 5.19. The third-order valence-corrected chi connectivity index (χ3v) is 4.43. The van der Waals surface area contributed by atoms with E-state index in [2.05, 4.69) is 15.3 Å². The molecule has 2 aromatic heterocycles. The molecule has 0 spiro atoms. The molecule has 0 unspecified atom stereocenters. The zero-order valence-electron chi connectivity index (χ0n) is 12.5. The minimum Gasteiger partial charge on any atom is -0.356 e. The number of rotatable bonds is 4. The van der Waals surface area contributed by atoms with Gasteiger partial charge in [-0.2, -0.15) is 13.2 Å². The fourth-order valence-corrected chi connectivity index (χ4v) is 3.17. The first kappa shape index (κ1) is 17.5. The highest BCUT2D eigenvalue weighted by atomic mass is 35.5. The van der Waals surface area contributed by atoms with E-state index in [1.165, 1.54) is 35.9 Å². The molecule has 25 heavy (non-hydrogen) atoms. The van der Waals surface area contributed by atoms with E-state index < -0.39 is 17.6 Å². The maximum atomic E-state index is 12.7. The van der Waals surface area contributed by atoms with Gasteiger partial charge in [-0.15, -0.1) is 11.3 Å². The molecule has 3 rings (SSSR count). The van der Waals surface area contributed by atoms with Gasteiger partial charge in [0.2, 0.25) is 0 Å². The Morgan fingerprint density at radius 3 is 2.80 bits per heavy atom. The van der Waals surface area contributed by atoms with E-state index in [4.69, 9.17) is 11.6 Å². The van der Waals surface area contributed by atoms with Gasteiger partial charge in [-0.05, 0) is 17.7 Å². The number of alkyl halides is 3. The molecule has 2 heterocycles. The molecule has 0 saturated carbocycles. The number of nitrogens with one attached hydrogen (secondary N) is 2. The molecule has 4 nitrogen and oxygen atoms in total. The number of thiazole rings is 1. The minimum absolute atomic E-state index is 0.291. The zero-order valence-corrected chi connectivity index (χ0v) is 14.1. The summed E-state index contributed by atoms with van der Waals surface area (Å²) in [5.74, 6) is -0.396. The quantitative estimate of drug-likeness (QED) is 0.665. The van der Waals surface area contributed by atoms with Crippen molar-refractivity contribution in [3.05, 3.63) is 69.4 Å². The molecule has 0 atom stereocenters. The predicted octanol–water partition coefficient (Wildman–Crippen LogP) is 4.99. The third kappa shape index (κ3) is 4.40. The number of carbonyl (C=O) groups excluding carboxylic acids is 1. The van der Waals surface area contributed by atoms with Crippen molar-refractivity contribution in [2.45, 2.75) is 12.6 Å². The van der Waals surface area contributed by atoms with E-state index in [-0.39, 0.29) is 0 Å². The molecule has 130 valence electrons. The SMILES string of the molecule is O=C(Nc1ncc(Cc2cccc(C(F)(F)F)c2)s1)c1cc(Cl)c[nH]1. The standard InChI is InChI=1S/C16H11ClF3N3OS/c17-11-6-13(21-7-11)14(24)23-15-22-8-12(25-15)5-9-2-1-3-10(4-9)16(18,19)20/h1-4,6-8,21H,5H2,(H,22,23,24). The summed E-state index contributed by atoms with van der Waals surface area (Å²) in [5, 5.41) is 3.38. The van der Waals surface area contributed by atoms with E-state index in [1.807, 2.05) is 0 Å². The molecule has 0 saturated heterocycles. The monoisotopic (exact) mass is 385 g/mol. The van der Waals surface area contributed by atoms with E-state index >= 15 is 0 Å². The van der Waals surface area contributed by atoms with Crippen molar-refractivity contribution in [3.63, 3.8) is 0 Å². The van der Waals surface area contributed by atoms with Gasteiger partial charge in [0.25, 0.3) is 5.91 Å². The van der Waals surface area contributed by atoms with Crippen LogP contribution >= 0.6 is 22.9 Å². The van der Waals surface area contributed by atoms with Crippen LogP contribution in [0.3, 0.4) is 0 Å². The summed E-state index contributed by atoms with van der Waals surface area (Å²) in [7, 11) is 0. The first-order valence-corrected chi connectivity index (χ1v) is 8.27. The number of anilines is 1. The fraction of sp³-hybridized carbons (Fsp3) is 0.125. The van der Waals surface area contributed by atoms with Gasteiger partial charge in [0, 0.05) is 23.7 Å². The molecule has 1 amide bonds. The van der Waals surface area contributed by atoms with Crippen molar-refractivity contribution in [3.8, 4) is 0 Å². The van der Waals surface area contributed by atoms with Crippen LogP contribution in [0.1, 0.15) is 26.5 Å². The van der Waals surface area contributed by atoms with Crippen LogP contribution in [0.4, 0.5) is 18.3 Å². The Bertz CT molecular complexity index is 904. The highest BCUT2D eigenvalue weighted by Gasteiger charge is 2.30. The van der Waals surface area contributed by atoms with Crippen LogP contribution < -0.4 is 5.32 Å². The molecule has 9 heteroatoms. The number of H-pyrrole nitrogens is 1. The number of hydrogen-bond donors (Lipinski definition) is 2. The van der Waals surface area contributed by atoms with Crippen molar-refractivity contribution in [2.24, 2.45) is 0 Å². The smallest absolute Gasteiger partial charge is 0.356 e. The Morgan fingerprint density at radius 1 is 1.32 bits per heavy atom. The number of halogens is 4. The van der Waals surface area contributed by atoms with E-state index in [0.717, 1.165) is 17.0 Å². The van der Waals surface area contributed by atoms with Crippen LogP contribution in [0.5, 0.6) is 0 Å². The second kappa shape index (κ2) is 6.89. The first-order chi connectivity index (χ1) is 11.8. The Kier molecular flexibility index (Phi) is 4.82. The van der Waals surface area contributed by atoms with Gasteiger partial charge in [0.15, 0.2) is 5.13 Å². The van der Waals surface area contributed by atoms with Crippen LogP contribution in [0.25, 0.3) is 0 Å². The van der Waals surface area contributed by atoms with Gasteiger partial charge >= 0.3 is 6.18 Å². The highest BCUT2D eigenvalue weighted by molar-refractivity contribution is 7.15. The fourth-order valence-electron chi connectivity index (χ4n) is 2.17. The number of aromatic nitrogens is 2. The molecule has 0 bridgehead atoms. The lowest BCUT2D eigenvalue weighted by Crippen LogP contribution is -2.11. The van der Waals surface area contributed by atoms with Crippen LogP contribution in [-0.2, 0) is 12.6 Å². The third-order valence-electron chi connectivity index (χ3n) is 3.30. The molecular formula is C16H11ClF3N3OS. The predicted molar refractivity (Wildman–Crippen MR) is 90.1 cm³/mol. The summed E-state index contributed by atoms with van der Waals surface area (Å²) < 4.78 is 38.2. The number of carbonyl (C=O) groups is 1. The average molecular weight is 386 g/mol. The van der Waals surface area contributed by atoms with E-state index in [0.29, 0.717) is 27.8 Å². The summed E-state index contributed by atoms with van der Waals surface area (Å²) >= 11 is 6.94. The molecule has 1 aromatic carbocycles. The summed E-state index contributed by atoms with van der Waals surface area (Å²) in [5.41, 5.74) is 0.124. The Balaban J connectivity index is 1.69.